The Morgan fingerprint density at radius 3 is 1.45 bits per heavy atom. The van der Waals surface area contributed by atoms with E-state index in [9.17, 15) is 0 Å². The lowest BCUT2D eigenvalue weighted by atomic mass is 10.3. The van der Waals surface area contributed by atoms with E-state index in [-0.39, 0.29) is 0 Å². The molecule has 0 bridgehead atoms. The third-order valence-electron chi connectivity index (χ3n) is 5.57. The van der Waals surface area contributed by atoms with Crippen molar-refractivity contribution in [3.63, 3.8) is 0 Å². The zero-order valence-corrected chi connectivity index (χ0v) is 19.7. The van der Waals surface area contributed by atoms with Gasteiger partial charge in [0.05, 0.1) is 39.6 Å². The van der Waals surface area contributed by atoms with Crippen LogP contribution < -0.4 is 21.3 Å². The second-order valence-corrected chi connectivity index (χ2v) is 8.30. The Hall–Kier alpha value is -0.360. The molecule has 184 valence electrons. The molecule has 0 aliphatic carbocycles. The molecule has 2 heterocycles. The third kappa shape index (κ3) is 16.0. The van der Waals surface area contributed by atoms with Gasteiger partial charge in [-0.2, -0.15) is 0 Å². The van der Waals surface area contributed by atoms with Crippen molar-refractivity contribution in [3.8, 4) is 0 Å². The van der Waals surface area contributed by atoms with E-state index in [2.05, 4.69) is 31.1 Å². The molecule has 0 unspecified atom stereocenters. The van der Waals surface area contributed by atoms with Crippen LogP contribution in [-0.2, 0) is 14.2 Å². The van der Waals surface area contributed by atoms with Crippen LogP contribution in [0.5, 0.6) is 0 Å². The maximum atomic E-state index is 5.59. The van der Waals surface area contributed by atoms with Crippen molar-refractivity contribution >= 4 is 0 Å². The Bertz CT molecular complexity index is 348. The largest absolute Gasteiger partial charge is 0.378 e. The summed E-state index contributed by atoms with van der Waals surface area (Å²) in [4.78, 5) is 4.96. The molecule has 2 aliphatic rings. The van der Waals surface area contributed by atoms with Gasteiger partial charge < -0.3 is 35.5 Å². The van der Waals surface area contributed by atoms with Crippen molar-refractivity contribution in [2.75, 3.05) is 118 Å². The molecule has 2 aliphatic heterocycles. The van der Waals surface area contributed by atoms with Gasteiger partial charge in [0.2, 0.25) is 0 Å². The number of ether oxygens (including phenoxy) is 3. The van der Waals surface area contributed by atoms with Gasteiger partial charge >= 0.3 is 0 Å². The molecule has 2 fully saturated rings. The zero-order valence-electron chi connectivity index (χ0n) is 19.7. The van der Waals surface area contributed by atoms with Crippen molar-refractivity contribution in [2.24, 2.45) is 0 Å². The topological polar surface area (TPSA) is 82.3 Å². The minimum atomic E-state index is 0.634. The predicted molar refractivity (Wildman–Crippen MR) is 126 cm³/mol. The first-order valence-corrected chi connectivity index (χ1v) is 12.5. The fourth-order valence-corrected chi connectivity index (χ4v) is 3.81. The van der Waals surface area contributed by atoms with Crippen LogP contribution in [0.4, 0.5) is 0 Å². The molecule has 9 nitrogen and oxygen atoms in total. The molecule has 0 atom stereocenters. The Kier molecular flexibility index (Phi) is 17.6. The fourth-order valence-electron chi connectivity index (χ4n) is 3.81. The van der Waals surface area contributed by atoms with Crippen LogP contribution >= 0.6 is 0 Å². The van der Waals surface area contributed by atoms with Crippen molar-refractivity contribution < 1.29 is 14.2 Å². The highest BCUT2D eigenvalue weighted by atomic mass is 16.5. The molecule has 4 N–H and O–H groups in total. The standard InChI is InChI=1S/C22H48N6O3/c1(11-27-13-3-7-25-21-27)5-23-9-15-29-17-19-31-20-18-30-16-10-24-6-2-12-28-14-4-8-26-22-28/h23-26H,1-22H2. The van der Waals surface area contributed by atoms with Crippen LogP contribution in [0.2, 0.25) is 0 Å². The van der Waals surface area contributed by atoms with E-state index in [0.717, 1.165) is 65.8 Å². The highest BCUT2D eigenvalue weighted by Gasteiger charge is 2.08. The maximum absolute atomic E-state index is 5.59. The highest BCUT2D eigenvalue weighted by molar-refractivity contribution is 4.65. The van der Waals surface area contributed by atoms with E-state index in [0.29, 0.717) is 26.4 Å². The van der Waals surface area contributed by atoms with Gasteiger partial charge in [0, 0.05) is 52.6 Å². The summed E-state index contributed by atoms with van der Waals surface area (Å²) in [5.41, 5.74) is 0. The summed E-state index contributed by atoms with van der Waals surface area (Å²) in [5, 5.41) is 13.7. The first-order chi connectivity index (χ1) is 15.4. The minimum absolute atomic E-state index is 0.634. The number of nitrogens with one attached hydrogen (secondary N) is 4. The number of nitrogens with zero attached hydrogens (tertiary/aromatic N) is 2. The van der Waals surface area contributed by atoms with E-state index in [1.807, 2.05) is 0 Å². The SMILES string of the molecule is C(CNCCOCCOCCOCCNCCCN1CCCNC1)CN1CCCNC1. The van der Waals surface area contributed by atoms with Crippen LogP contribution in [0.25, 0.3) is 0 Å². The van der Waals surface area contributed by atoms with Gasteiger partial charge in [-0.15, -0.1) is 0 Å². The lowest BCUT2D eigenvalue weighted by molar-refractivity contribution is 0.0157. The van der Waals surface area contributed by atoms with Crippen molar-refractivity contribution in [2.45, 2.75) is 25.7 Å². The minimum Gasteiger partial charge on any atom is -0.378 e. The molecular weight excluding hydrogens is 396 g/mol. The van der Waals surface area contributed by atoms with Crippen molar-refractivity contribution in [3.05, 3.63) is 0 Å². The summed E-state index contributed by atoms with van der Waals surface area (Å²) >= 11 is 0. The molecule has 0 aromatic rings. The van der Waals surface area contributed by atoms with Gasteiger partial charge in [-0.1, -0.05) is 0 Å². The Morgan fingerprint density at radius 1 is 0.581 bits per heavy atom. The fraction of sp³-hybridized carbons (Fsp3) is 1.00. The van der Waals surface area contributed by atoms with E-state index in [4.69, 9.17) is 14.2 Å². The number of hydrogen-bond acceptors (Lipinski definition) is 9. The summed E-state index contributed by atoms with van der Waals surface area (Å²) < 4.78 is 16.7. The van der Waals surface area contributed by atoms with E-state index >= 15 is 0 Å². The van der Waals surface area contributed by atoms with Gasteiger partial charge in [-0.25, -0.2) is 0 Å². The van der Waals surface area contributed by atoms with Gasteiger partial charge in [-0.05, 0) is 51.9 Å². The number of rotatable bonds is 20. The van der Waals surface area contributed by atoms with E-state index < -0.39 is 0 Å². The quantitative estimate of drug-likeness (QED) is 0.186. The van der Waals surface area contributed by atoms with Crippen LogP contribution in [0.1, 0.15) is 25.7 Å². The molecule has 0 spiro atoms. The Balaban J connectivity index is 1.18. The van der Waals surface area contributed by atoms with Gasteiger partial charge in [-0.3, -0.25) is 9.80 Å². The second kappa shape index (κ2) is 20.3. The second-order valence-electron chi connectivity index (χ2n) is 8.30. The van der Waals surface area contributed by atoms with Gasteiger partial charge in [0.1, 0.15) is 0 Å². The van der Waals surface area contributed by atoms with Crippen LogP contribution in [-0.4, -0.2) is 128 Å². The average molecular weight is 445 g/mol. The van der Waals surface area contributed by atoms with E-state index in [1.165, 1.54) is 51.9 Å². The smallest absolute Gasteiger partial charge is 0.0701 e. The highest BCUT2D eigenvalue weighted by Crippen LogP contribution is 1.97. The normalized spacial score (nSPS) is 18.6. The molecule has 31 heavy (non-hydrogen) atoms. The summed E-state index contributed by atoms with van der Waals surface area (Å²) in [5.74, 6) is 0. The molecule has 0 saturated carbocycles. The molecule has 0 aromatic carbocycles. The monoisotopic (exact) mass is 444 g/mol. The van der Waals surface area contributed by atoms with Gasteiger partial charge in [0.15, 0.2) is 0 Å². The summed E-state index contributed by atoms with van der Waals surface area (Å²) in [6.45, 7) is 17.2. The molecule has 0 radical (unpaired) electrons. The molecule has 0 aromatic heterocycles. The zero-order chi connectivity index (χ0) is 21.7. The lowest BCUT2D eigenvalue weighted by Gasteiger charge is -2.27. The third-order valence-corrected chi connectivity index (χ3v) is 5.57. The average Bonchev–Trinajstić information content (AvgIpc) is 2.82. The molecule has 2 saturated heterocycles. The predicted octanol–water partition coefficient (Wildman–Crippen LogP) is -0.499. The first-order valence-electron chi connectivity index (χ1n) is 12.5. The van der Waals surface area contributed by atoms with Crippen LogP contribution in [0.3, 0.4) is 0 Å². The van der Waals surface area contributed by atoms with Crippen molar-refractivity contribution in [1.29, 1.82) is 0 Å². The molecule has 0 amide bonds. The summed E-state index contributed by atoms with van der Waals surface area (Å²) in [7, 11) is 0. The molecule has 9 heteroatoms. The summed E-state index contributed by atoms with van der Waals surface area (Å²) in [6, 6.07) is 0. The Labute approximate surface area is 189 Å². The van der Waals surface area contributed by atoms with Crippen LogP contribution in [0.15, 0.2) is 0 Å². The molecule has 2 rings (SSSR count). The number of hydrogen-bond donors (Lipinski definition) is 4. The maximum Gasteiger partial charge on any atom is 0.0701 e. The van der Waals surface area contributed by atoms with Crippen molar-refractivity contribution in [1.82, 2.24) is 31.1 Å². The van der Waals surface area contributed by atoms with E-state index in [1.54, 1.807) is 0 Å². The molecular formula is C22H48N6O3. The van der Waals surface area contributed by atoms with Crippen LogP contribution in [0, 0.1) is 0 Å². The summed E-state index contributed by atoms with van der Waals surface area (Å²) in [6.07, 6.45) is 4.92. The first kappa shape index (κ1) is 26.9. The lowest BCUT2D eigenvalue weighted by Crippen LogP contribution is -2.42. The van der Waals surface area contributed by atoms with Gasteiger partial charge in [0.25, 0.3) is 0 Å². The Morgan fingerprint density at radius 2 is 1.03 bits per heavy atom.